The van der Waals surface area contributed by atoms with Gasteiger partial charge in [0.15, 0.2) is 0 Å². The smallest absolute Gasteiger partial charge is 0.408 e. The normalized spacial score (nSPS) is 25.2. The molecule has 15 heavy (non-hydrogen) atoms. The summed E-state index contributed by atoms with van der Waals surface area (Å²) in [5, 5.41) is 5.24. The molecule has 86 valence electrons. The van der Waals surface area contributed by atoms with E-state index in [4.69, 9.17) is 4.74 Å². The first kappa shape index (κ1) is 12.5. The second-order valence-corrected chi connectivity index (χ2v) is 5.27. The summed E-state index contributed by atoms with van der Waals surface area (Å²) >= 11 is 2.16. The van der Waals surface area contributed by atoms with Crippen LogP contribution >= 0.6 is 22.6 Å². The zero-order chi connectivity index (χ0) is 11.6. The van der Waals surface area contributed by atoms with Gasteiger partial charge in [-0.1, -0.05) is 22.6 Å². The number of β-lactam (4-membered cyclic amide) rings is 1. The summed E-state index contributed by atoms with van der Waals surface area (Å²) in [5.41, 5.74) is -0.538. The number of hydrogen-bond acceptors (Lipinski definition) is 3. The third kappa shape index (κ3) is 3.51. The number of hydrogen-bond donors (Lipinski definition) is 2. The van der Waals surface area contributed by atoms with E-state index >= 15 is 0 Å². The zero-order valence-corrected chi connectivity index (χ0v) is 11.1. The van der Waals surface area contributed by atoms with Gasteiger partial charge in [0.25, 0.3) is 0 Å². The lowest BCUT2D eigenvalue weighted by molar-refractivity contribution is -0.130. The van der Waals surface area contributed by atoms with Crippen molar-refractivity contribution in [3.63, 3.8) is 0 Å². The van der Waals surface area contributed by atoms with E-state index in [2.05, 4.69) is 33.2 Å². The fourth-order valence-electron chi connectivity index (χ4n) is 1.17. The molecule has 1 saturated heterocycles. The minimum atomic E-state index is -0.544. The monoisotopic (exact) mass is 326 g/mol. The SMILES string of the molecule is CC(C)(C)OC(=O)NC1C(=O)NC1CI. The minimum Gasteiger partial charge on any atom is -0.444 e. The number of alkyl halides is 1. The summed E-state index contributed by atoms with van der Waals surface area (Å²) in [7, 11) is 0. The molecule has 0 saturated carbocycles. The highest BCUT2D eigenvalue weighted by Crippen LogP contribution is 2.11. The summed E-state index contributed by atoms with van der Waals surface area (Å²) in [4.78, 5) is 22.5. The number of rotatable bonds is 2. The average molecular weight is 326 g/mol. The van der Waals surface area contributed by atoms with Gasteiger partial charge >= 0.3 is 6.09 Å². The molecule has 2 atom stereocenters. The van der Waals surface area contributed by atoms with Crippen LogP contribution in [-0.4, -0.2) is 34.1 Å². The Morgan fingerprint density at radius 3 is 2.60 bits per heavy atom. The van der Waals surface area contributed by atoms with E-state index in [1.54, 1.807) is 20.8 Å². The first-order valence-corrected chi connectivity index (χ1v) is 6.22. The molecule has 0 aromatic rings. The molecule has 0 aliphatic carbocycles. The van der Waals surface area contributed by atoms with Gasteiger partial charge in [0.2, 0.25) is 5.91 Å². The maximum Gasteiger partial charge on any atom is 0.408 e. The van der Waals surface area contributed by atoms with Crippen molar-refractivity contribution < 1.29 is 14.3 Å². The van der Waals surface area contributed by atoms with Crippen LogP contribution in [-0.2, 0) is 9.53 Å². The fraction of sp³-hybridized carbons (Fsp3) is 0.778. The third-order valence-corrected chi connectivity index (χ3v) is 2.80. The number of amides is 2. The first-order chi connectivity index (χ1) is 6.83. The molecule has 1 aliphatic rings. The second-order valence-electron chi connectivity index (χ2n) is 4.39. The quantitative estimate of drug-likeness (QED) is 0.448. The van der Waals surface area contributed by atoms with E-state index in [0.29, 0.717) is 0 Å². The van der Waals surface area contributed by atoms with Crippen molar-refractivity contribution in [2.24, 2.45) is 0 Å². The van der Waals surface area contributed by atoms with Crippen LogP contribution in [0.1, 0.15) is 20.8 Å². The maximum absolute atomic E-state index is 11.4. The Morgan fingerprint density at radius 1 is 1.60 bits per heavy atom. The van der Waals surface area contributed by atoms with Crippen LogP contribution in [0.25, 0.3) is 0 Å². The summed E-state index contributed by atoms with van der Waals surface area (Å²) < 4.78 is 5.82. The van der Waals surface area contributed by atoms with Crippen LogP contribution in [0, 0.1) is 0 Å². The Bertz CT molecular complexity index is 275. The van der Waals surface area contributed by atoms with E-state index in [1.807, 2.05) is 0 Å². The van der Waals surface area contributed by atoms with Gasteiger partial charge in [0.05, 0.1) is 6.04 Å². The lowest BCUT2D eigenvalue weighted by Crippen LogP contribution is -2.70. The van der Waals surface area contributed by atoms with E-state index in [9.17, 15) is 9.59 Å². The van der Waals surface area contributed by atoms with Crippen molar-refractivity contribution in [1.29, 1.82) is 0 Å². The van der Waals surface area contributed by atoms with Crippen LogP contribution in [0.2, 0.25) is 0 Å². The van der Waals surface area contributed by atoms with Gasteiger partial charge in [-0.05, 0) is 20.8 Å². The number of halogens is 1. The van der Waals surface area contributed by atoms with E-state index in [-0.39, 0.29) is 11.9 Å². The van der Waals surface area contributed by atoms with E-state index in [1.165, 1.54) is 0 Å². The van der Waals surface area contributed by atoms with Crippen LogP contribution < -0.4 is 10.6 Å². The summed E-state index contributed by atoms with van der Waals surface area (Å²) in [5.74, 6) is -0.150. The second kappa shape index (κ2) is 4.54. The molecule has 5 nitrogen and oxygen atoms in total. The van der Waals surface area contributed by atoms with E-state index < -0.39 is 17.7 Å². The highest BCUT2D eigenvalue weighted by Gasteiger charge is 2.40. The van der Waals surface area contributed by atoms with Gasteiger partial charge in [-0.15, -0.1) is 0 Å². The topological polar surface area (TPSA) is 67.4 Å². The van der Waals surface area contributed by atoms with Gasteiger partial charge in [-0.2, -0.15) is 0 Å². The average Bonchev–Trinajstić information content (AvgIpc) is 2.07. The van der Waals surface area contributed by atoms with Crippen molar-refractivity contribution in [2.45, 2.75) is 38.5 Å². The summed E-state index contributed by atoms with van der Waals surface area (Å²) in [6.07, 6.45) is -0.544. The van der Waals surface area contributed by atoms with E-state index in [0.717, 1.165) is 4.43 Å². The first-order valence-electron chi connectivity index (χ1n) is 4.69. The van der Waals surface area contributed by atoms with Crippen LogP contribution in [0.4, 0.5) is 4.79 Å². The molecule has 1 heterocycles. The van der Waals surface area contributed by atoms with Crippen molar-refractivity contribution >= 4 is 34.6 Å². The Morgan fingerprint density at radius 2 is 2.20 bits per heavy atom. The van der Waals surface area contributed by atoms with Gasteiger partial charge < -0.3 is 15.4 Å². The molecule has 2 N–H and O–H groups in total. The number of alkyl carbamates (subject to hydrolysis) is 1. The van der Waals surface area contributed by atoms with Crippen molar-refractivity contribution in [3.05, 3.63) is 0 Å². The molecule has 0 aromatic heterocycles. The molecule has 1 aliphatic heterocycles. The number of nitrogens with one attached hydrogen (secondary N) is 2. The standard InChI is InChI=1S/C9H15IN2O3/c1-9(2,3)15-8(14)12-6-5(4-10)11-7(6)13/h5-6H,4H2,1-3H3,(H,11,13)(H,12,14). The number of ether oxygens (including phenoxy) is 1. The lowest BCUT2D eigenvalue weighted by Gasteiger charge is -2.36. The highest BCUT2D eigenvalue weighted by atomic mass is 127. The zero-order valence-electron chi connectivity index (χ0n) is 8.96. The van der Waals surface area contributed by atoms with Crippen LogP contribution in [0.15, 0.2) is 0 Å². The predicted octanol–water partition coefficient (Wildman–Crippen LogP) is 0.813. The van der Waals surface area contributed by atoms with Crippen LogP contribution in [0.3, 0.4) is 0 Å². The van der Waals surface area contributed by atoms with Crippen molar-refractivity contribution in [1.82, 2.24) is 10.6 Å². The molecule has 1 rings (SSSR count). The molecule has 2 amide bonds. The number of carbonyl (C=O) groups is 2. The summed E-state index contributed by atoms with van der Waals surface area (Å²) in [6, 6.07) is -0.428. The Balaban J connectivity index is 2.41. The molecule has 1 fully saturated rings. The molecular formula is C9H15IN2O3. The Hall–Kier alpha value is -0.530. The fourth-order valence-corrected chi connectivity index (χ4v) is 1.90. The molecule has 6 heteroatoms. The van der Waals surface area contributed by atoms with Gasteiger partial charge in [-0.25, -0.2) is 4.79 Å². The molecule has 0 aromatic carbocycles. The highest BCUT2D eigenvalue weighted by molar-refractivity contribution is 14.1. The summed E-state index contributed by atoms with van der Waals surface area (Å²) in [6.45, 7) is 5.34. The molecule has 0 radical (unpaired) electrons. The van der Waals surface area contributed by atoms with Gasteiger partial charge in [0, 0.05) is 4.43 Å². The van der Waals surface area contributed by atoms with Crippen LogP contribution in [0.5, 0.6) is 0 Å². The Labute approximate surface area is 102 Å². The van der Waals surface area contributed by atoms with Gasteiger partial charge in [0.1, 0.15) is 11.6 Å². The third-order valence-electron chi connectivity index (χ3n) is 1.85. The van der Waals surface area contributed by atoms with Gasteiger partial charge in [-0.3, -0.25) is 4.79 Å². The molecular weight excluding hydrogens is 311 g/mol. The molecule has 0 spiro atoms. The molecule has 2 unspecified atom stereocenters. The van der Waals surface area contributed by atoms with Crippen molar-refractivity contribution in [2.75, 3.05) is 4.43 Å². The lowest BCUT2D eigenvalue weighted by atomic mass is 10.0. The molecule has 0 bridgehead atoms. The minimum absolute atomic E-state index is 0.0191. The Kier molecular flexibility index (Phi) is 3.80. The number of carbonyl (C=O) groups excluding carboxylic acids is 2. The largest absolute Gasteiger partial charge is 0.444 e. The van der Waals surface area contributed by atoms with Crippen molar-refractivity contribution in [3.8, 4) is 0 Å². The maximum atomic E-state index is 11.4. The predicted molar refractivity (Wildman–Crippen MR) is 64.0 cm³/mol.